The summed E-state index contributed by atoms with van der Waals surface area (Å²) in [6.07, 6.45) is 2.99. The van der Waals surface area contributed by atoms with E-state index in [0.717, 1.165) is 0 Å². The normalized spacial score (nSPS) is 14.6. The minimum Gasteiger partial charge on any atom is -0.497 e. The average molecular weight is 220 g/mol. The highest BCUT2D eigenvalue weighted by Gasteiger charge is 2.26. The lowest BCUT2D eigenvalue weighted by molar-refractivity contribution is 0.0972. The molecular formula is C13H16O3. The predicted molar refractivity (Wildman–Crippen MR) is 61.2 cm³/mol. The molecule has 1 aliphatic carbocycles. The van der Waals surface area contributed by atoms with Crippen LogP contribution in [0.15, 0.2) is 18.2 Å². The molecule has 0 unspecified atom stereocenters. The van der Waals surface area contributed by atoms with Crippen molar-refractivity contribution >= 4 is 5.78 Å². The van der Waals surface area contributed by atoms with Gasteiger partial charge in [-0.05, 0) is 37.0 Å². The molecule has 86 valence electrons. The summed E-state index contributed by atoms with van der Waals surface area (Å²) in [7, 11) is 3.17. The topological polar surface area (TPSA) is 35.5 Å². The lowest BCUT2D eigenvalue weighted by Gasteiger charge is -2.09. The van der Waals surface area contributed by atoms with Crippen molar-refractivity contribution in [3.63, 3.8) is 0 Å². The van der Waals surface area contributed by atoms with E-state index >= 15 is 0 Å². The summed E-state index contributed by atoms with van der Waals surface area (Å²) in [5, 5.41) is 0. The zero-order chi connectivity index (χ0) is 11.5. The second-order valence-electron chi connectivity index (χ2n) is 4.14. The van der Waals surface area contributed by atoms with Gasteiger partial charge in [0.25, 0.3) is 0 Å². The molecule has 0 amide bonds. The van der Waals surface area contributed by atoms with Crippen LogP contribution in [-0.4, -0.2) is 20.0 Å². The van der Waals surface area contributed by atoms with Crippen LogP contribution in [-0.2, 0) is 0 Å². The first-order valence-corrected chi connectivity index (χ1v) is 5.50. The number of ether oxygens (including phenoxy) is 2. The van der Waals surface area contributed by atoms with Gasteiger partial charge in [0, 0.05) is 6.42 Å². The van der Waals surface area contributed by atoms with Gasteiger partial charge in [0.1, 0.15) is 11.5 Å². The summed E-state index contributed by atoms with van der Waals surface area (Å²) in [6.45, 7) is 0. The van der Waals surface area contributed by atoms with E-state index in [-0.39, 0.29) is 5.78 Å². The van der Waals surface area contributed by atoms with E-state index < -0.39 is 0 Å². The minimum atomic E-state index is 0.151. The minimum absolute atomic E-state index is 0.151. The number of hydrogen-bond acceptors (Lipinski definition) is 3. The fourth-order valence-corrected chi connectivity index (χ4v) is 1.73. The highest BCUT2D eigenvalue weighted by atomic mass is 16.5. The number of methoxy groups -OCH3 is 2. The van der Waals surface area contributed by atoms with E-state index in [9.17, 15) is 4.79 Å². The fraction of sp³-hybridized carbons (Fsp3) is 0.462. The van der Waals surface area contributed by atoms with E-state index in [0.29, 0.717) is 29.4 Å². The maximum Gasteiger partial charge on any atom is 0.167 e. The highest BCUT2D eigenvalue weighted by molar-refractivity contribution is 5.99. The third-order valence-corrected chi connectivity index (χ3v) is 2.88. The van der Waals surface area contributed by atoms with Crippen molar-refractivity contribution < 1.29 is 14.3 Å². The van der Waals surface area contributed by atoms with Crippen LogP contribution >= 0.6 is 0 Å². The number of hydrogen-bond donors (Lipinski definition) is 0. The Bertz CT molecular complexity index is 394. The Morgan fingerprint density at radius 2 is 2.06 bits per heavy atom. The second kappa shape index (κ2) is 4.56. The lowest BCUT2D eigenvalue weighted by atomic mass is 10.0. The van der Waals surface area contributed by atoms with Gasteiger partial charge in [0.2, 0.25) is 0 Å². The van der Waals surface area contributed by atoms with Crippen LogP contribution in [0.3, 0.4) is 0 Å². The van der Waals surface area contributed by atoms with Crippen molar-refractivity contribution in [2.24, 2.45) is 5.92 Å². The molecule has 0 aliphatic heterocycles. The summed E-state index contributed by atoms with van der Waals surface area (Å²) < 4.78 is 10.3. The number of rotatable bonds is 5. The first-order valence-electron chi connectivity index (χ1n) is 5.50. The van der Waals surface area contributed by atoms with Crippen LogP contribution in [0, 0.1) is 5.92 Å². The van der Waals surface area contributed by atoms with Crippen molar-refractivity contribution in [3.8, 4) is 11.5 Å². The molecule has 16 heavy (non-hydrogen) atoms. The standard InChI is InChI=1S/C13H16O3/c1-15-10-5-6-13(16-2)11(8-10)12(14)7-9-3-4-9/h5-6,8-9H,3-4,7H2,1-2H3. The molecule has 0 saturated heterocycles. The maximum atomic E-state index is 12.0. The molecule has 0 heterocycles. The maximum absolute atomic E-state index is 12.0. The third kappa shape index (κ3) is 2.35. The Labute approximate surface area is 95.4 Å². The number of benzene rings is 1. The first-order chi connectivity index (χ1) is 7.74. The Hall–Kier alpha value is -1.51. The van der Waals surface area contributed by atoms with Gasteiger partial charge < -0.3 is 9.47 Å². The van der Waals surface area contributed by atoms with Crippen molar-refractivity contribution in [3.05, 3.63) is 23.8 Å². The summed E-state index contributed by atoms with van der Waals surface area (Å²) in [4.78, 5) is 12.0. The monoisotopic (exact) mass is 220 g/mol. The lowest BCUT2D eigenvalue weighted by Crippen LogP contribution is -2.03. The molecule has 0 N–H and O–H groups in total. The van der Waals surface area contributed by atoms with Crippen molar-refractivity contribution in [1.29, 1.82) is 0 Å². The molecule has 0 radical (unpaired) electrons. The SMILES string of the molecule is COc1ccc(OC)c(C(=O)CC2CC2)c1. The van der Waals surface area contributed by atoms with Crippen molar-refractivity contribution in [2.75, 3.05) is 14.2 Å². The van der Waals surface area contributed by atoms with Crippen LogP contribution < -0.4 is 9.47 Å². The molecule has 1 fully saturated rings. The molecule has 3 heteroatoms. The smallest absolute Gasteiger partial charge is 0.167 e. The number of carbonyl (C=O) groups excluding carboxylic acids is 1. The largest absolute Gasteiger partial charge is 0.497 e. The van der Waals surface area contributed by atoms with E-state index in [4.69, 9.17) is 9.47 Å². The molecule has 1 aliphatic rings. The van der Waals surface area contributed by atoms with Crippen LogP contribution in [0.25, 0.3) is 0 Å². The number of carbonyl (C=O) groups is 1. The molecular weight excluding hydrogens is 204 g/mol. The zero-order valence-corrected chi connectivity index (χ0v) is 9.66. The molecule has 0 atom stereocenters. The van der Waals surface area contributed by atoms with Gasteiger partial charge in [-0.25, -0.2) is 0 Å². The summed E-state index contributed by atoms with van der Waals surface area (Å²) >= 11 is 0. The molecule has 1 aromatic rings. The van der Waals surface area contributed by atoms with Crippen molar-refractivity contribution in [2.45, 2.75) is 19.3 Å². The zero-order valence-electron chi connectivity index (χ0n) is 9.66. The van der Waals surface area contributed by atoms with E-state index in [1.807, 2.05) is 0 Å². The van der Waals surface area contributed by atoms with Crippen LogP contribution in [0.5, 0.6) is 11.5 Å². The van der Waals surface area contributed by atoms with Crippen molar-refractivity contribution in [1.82, 2.24) is 0 Å². The summed E-state index contributed by atoms with van der Waals surface area (Å²) in [5.41, 5.74) is 0.633. The van der Waals surface area contributed by atoms with Gasteiger partial charge in [-0.15, -0.1) is 0 Å². The summed E-state index contributed by atoms with van der Waals surface area (Å²) in [5.74, 6) is 2.06. The third-order valence-electron chi connectivity index (χ3n) is 2.88. The molecule has 1 saturated carbocycles. The molecule has 2 rings (SSSR count). The Balaban J connectivity index is 2.23. The van der Waals surface area contributed by atoms with Gasteiger partial charge in [0.05, 0.1) is 19.8 Å². The van der Waals surface area contributed by atoms with Gasteiger partial charge >= 0.3 is 0 Å². The van der Waals surface area contributed by atoms with Gasteiger partial charge in [-0.3, -0.25) is 4.79 Å². The first kappa shape index (κ1) is 11.0. The molecule has 3 nitrogen and oxygen atoms in total. The van der Waals surface area contributed by atoms with E-state index in [1.165, 1.54) is 12.8 Å². The Morgan fingerprint density at radius 3 is 2.62 bits per heavy atom. The van der Waals surface area contributed by atoms with Gasteiger partial charge in [-0.2, -0.15) is 0 Å². The van der Waals surface area contributed by atoms with Crippen LogP contribution in [0.2, 0.25) is 0 Å². The van der Waals surface area contributed by atoms with Crippen LogP contribution in [0.4, 0.5) is 0 Å². The summed E-state index contributed by atoms with van der Waals surface area (Å²) in [6, 6.07) is 5.33. The highest BCUT2D eigenvalue weighted by Crippen LogP contribution is 2.35. The fourth-order valence-electron chi connectivity index (χ4n) is 1.73. The number of ketones is 1. The van der Waals surface area contributed by atoms with E-state index in [2.05, 4.69) is 0 Å². The average Bonchev–Trinajstić information content (AvgIpc) is 3.12. The van der Waals surface area contributed by atoms with Gasteiger partial charge in [-0.1, -0.05) is 0 Å². The molecule has 0 spiro atoms. The van der Waals surface area contributed by atoms with Crippen LogP contribution in [0.1, 0.15) is 29.6 Å². The molecule has 1 aromatic carbocycles. The second-order valence-corrected chi connectivity index (χ2v) is 4.14. The Morgan fingerprint density at radius 1 is 1.31 bits per heavy atom. The van der Waals surface area contributed by atoms with E-state index in [1.54, 1.807) is 32.4 Å². The molecule has 0 bridgehead atoms. The predicted octanol–water partition coefficient (Wildman–Crippen LogP) is 2.69. The quantitative estimate of drug-likeness (QED) is 0.716. The molecule has 0 aromatic heterocycles. The number of Topliss-reactive ketones (excluding diaryl/α,β-unsaturated/α-hetero) is 1. The van der Waals surface area contributed by atoms with Gasteiger partial charge in [0.15, 0.2) is 5.78 Å². The Kier molecular flexibility index (Phi) is 3.13.